The monoisotopic (exact) mass is 536 g/mol. The highest BCUT2D eigenvalue weighted by Gasteiger charge is 2.06. The lowest BCUT2D eigenvalue weighted by molar-refractivity contribution is -0.115. The summed E-state index contributed by atoms with van der Waals surface area (Å²) in [5.74, 6) is 0.162. The largest absolute Gasteiger partial charge is 0.326 e. The van der Waals surface area contributed by atoms with Crippen molar-refractivity contribution in [2.45, 2.75) is 11.3 Å². The first-order chi connectivity index (χ1) is 14.0. The van der Waals surface area contributed by atoms with Crippen LogP contribution >= 0.6 is 46.0 Å². The third-order valence-corrected chi connectivity index (χ3v) is 5.90. The maximum Gasteiger partial charge on any atom is 0.234 e. The zero-order valence-electron chi connectivity index (χ0n) is 15.3. The maximum atomic E-state index is 12.2. The van der Waals surface area contributed by atoms with Gasteiger partial charge >= 0.3 is 0 Å². The third-order valence-electron chi connectivity index (χ3n) is 3.91. The van der Waals surface area contributed by atoms with Crippen LogP contribution in [0.3, 0.4) is 0 Å². The van der Waals surface area contributed by atoms with E-state index in [2.05, 4.69) is 33.2 Å². The van der Waals surface area contributed by atoms with Crippen LogP contribution in [0.4, 0.5) is 11.4 Å². The molecule has 3 rings (SSSR count). The minimum Gasteiger partial charge on any atom is -0.326 e. The average molecular weight is 537 g/mol. The molecule has 0 radical (unpaired) electrons. The van der Waals surface area contributed by atoms with Gasteiger partial charge < -0.3 is 10.6 Å². The Kier molecular flexibility index (Phi) is 7.97. The molecular formula is C22H18ClIN2O2S. The molecule has 0 aliphatic carbocycles. The number of amides is 2. The summed E-state index contributed by atoms with van der Waals surface area (Å²) in [5, 5.41) is 6.40. The second-order valence-electron chi connectivity index (χ2n) is 6.22. The van der Waals surface area contributed by atoms with Gasteiger partial charge in [-0.15, -0.1) is 11.8 Å². The Labute approximate surface area is 192 Å². The van der Waals surface area contributed by atoms with Crippen molar-refractivity contribution >= 4 is 69.1 Å². The Morgan fingerprint density at radius 3 is 1.97 bits per heavy atom. The van der Waals surface area contributed by atoms with Crippen molar-refractivity contribution in [2.75, 3.05) is 16.4 Å². The fraction of sp³-hybridized carbons (Fsp3) is 0.0909. The van der Waals surface area contributed by atoms with Gasteiger partial charge in [-0.1, -0.05) is 23.7 Å². The number of thioether (sulfide) groups is 1. The van der Waals surface area contributed by atoms with Gasteiger partial charge in [-0.2, -0.15) is 0 Å². The van der Waals surface area contributed by atoms with E-state index in [9.17, 15) is 9.59 Å². The Morgan fingerprint density at radius 1 is 0.793 bits per heavy atom. The normalized spacial score (nSPS) is 10.4. The molecule has 0 heterocycles. The molecule has 4 nitrogen and oxygen atoms in total. The van der Waals surface area contributed by atoms with Crippen molar-refractivity contribution in [1.82, 2.24) is 0 Å². The minimum absolute atomic E-state index is 0.0587. The molecule has 0 spiro atoms. The summed E-state index contributed by atoms with van der Waals surface area (Å²) >= 11 is 9.52. The molecule has 0 saturated carbocycles. The molecule has 29 heavy (non-hydrogen) atoms. The first kappa shape index (κ1) is 21.7. The molecule has 0 unspecified atom stereocenters. The van der Waals surface area contributed by atoms with Crippen LogP contribution in [0.25, 0.3) is 0 Å². The number of rotatable bonds is 7. The highest BCUT2D eigenvalue weighted by Crippen LogP contribution is 2.21. The standard InChI is InChI=1S/C22H18ClIN2O2S/c23-16-3-1-15(2-4-16)13-21(27)25-19-9-11-20(12-10-19)29-14-22(28)26-18-7-5-17(24)6-8-18/h1-12H,13-14H2,(H,25,27)(H,26,28). The number of nitrogens with one attached hydrogen (secondary N) is 2. The van der Waals surface area contributed by atoms with Crippen molar-refractivity contribution in [3.63, 3.8) is 0 Å². The van der Waals surface area contributed by atoms with Gasteiger partial charge in [0.2, 0.25) is 11.8 Å². The van der Waals surface area contributed by atoms with Crippen LogP contribution in [0.15, 0.2) is 77.7 Å². The molecule has 0 bridgehead atoms. The Bertz CT molecular complexity index is 977. The number of carbonyl (C=O) groups excluding carboxylic acids is 2. The lowest BCUT2D eigenvalue weighted by Gasteiger charge is -2.08. The lowest BCUT2D eigenvalue weighted by atomic mass is 10.1. The van der Waals surface area contributed by atoms with E-state index in [1.54, 1.807) is 12.1 Å². The summed E-state index contributed by atoms with van der Waals surface area (Å²) in [5.41, 5.74) is 2.41. The summed E-state index contributed by atoms with van der Waals surface area (Å²) in [6, 6.07) is 22.3. The van der Waals surface area contributed by atoms with Crippen LogP contribution in [0.5, 0.6) is 0 Å². The lowest BCUT2D eigenvalue weighted by Crippen LogP contribution is -2.14. The number of halogens is 2. The Morgan fingerprint density at radius 2 is 1.34 bits per heavy atom. The number of benzene rings is 3. The highest BCUT2D eigenvalue weighted by molar-refractivity contribution is 14.1. The number of anilines is 2. The van der Waals surface area contributed by atoms with E-state index in [-0.39, 0.29) is 18.2 Å². The molecule has 2 N–H and O–H groups in total. The summed E-state index contributed by atoms with van der Waals surface area (Å²) in [6.07, 6.45) is 0.284. The molecule has 0 saturated heterocycles. The van der Waals surface area contributed by atoms with Crippen LogP contribution in [-0.2, 0) is 16.0 Å². The zero-order valence-corrected chi connectivity index (χ0v) is 19.1. The molecule has 2 amide bonds. The molecule has 3 aromatic carbocycles. The van der Waals surface area contributed by atoms with Gasteiger partial charge in [0.05, 0.1) is 12.2 Å². The zero-order chi connectivity index (χ0) is 20.6. The van der Waals surface area contributed by atoms with Gasteiger partial charge in [0.1, 0.15) is 0 Å². The van der Waals surface area contributed by atoms with Crippen molar-refractivity contribution in [1.29, 1.82) is 0 Å². The number of hydrogen-bond acceptors (Lipinski definition) is 3. The first-order valence-corrected chi connectivity index (χ1v) is 11.2. The fourth-order valence-electron chi connectivity index (χ4n) is 2.51. The van der Waals surface area contributed by atoms with E-state index in [0.717, 1.165) is 25.4 Å². The maximum absolute atomic E-state index is 12.2. The van der Waals surface area contributed by atoms with Gasteiger partial charge in [0.15, 0.2) is 0 Å². The quantitative estimate of drug-likeness (QED) is 0.294. The van der Waals surface area contributed by atoms with Crippen LogP contribution in [0.1, 0.15) is 5.56 Å². The van der Waals surface area contributed by atoms with Crippen molar-refractivity contribution in [2.24, 2.45) is 0 Å². The van der Waals surface area contributed by atoms with Crippen LogP contribution in [0, 0.1) is 3.57 Å². The third kappa shape index (κ3) is 7.38. The van der Waals surface area contributed by atoms with Crippen molar-refractivity contribution in [3.05, 3.63) is 87.0 Å². The van der Waals surface area contributed by atoms with Gasteiger partial charge in [-0.3, -0.25) is 9.59 Å². The number of carbonyl (C=O) groups is 2. The second kappa shape index (κ2) is 10.7. The highest BCUT2D eigenvalue weighted by atomic mass is 127. The molecule has 0 aliphatic rings. The fourth-order valence-corrected chi connectivity index (χ4v) is 3.69. The SMILES string of the molecule is O=C(CSc1ccc(NC(=O)Cc2ccc(Cl)cc2)cc1)Nc1ccc(I)cc1. The van der Waals surface area contributed by atoms with E-state index < -0.39 is 0 Å². The Hall–Kier alpha value is -2.03. The summed E-state index contributed by atoms with van der Waals surface area (Å²) in [7, 11) is 0. The smallest absolute Gasteiger partial charge is 0.234 e. The molecule has 148 valence electrons. The van der Waals surface area contributed by atoms with Crippen molar-refractivity contribution in [3.8, 4) is 0 Å². The van der Waals surface area contributed by atoms with Gasteiger partial charge in [0, 0.05) is 24.9 Å². The van der Waals surface area contributed by atoms with E-state index >= 15 is 0 Å². The molecular weight excluding hydrogens is 519 g/mol. The predicted molar refractivity (Wildman–Crippen MR) is 129 cm³/mol. The van der Waals surface area contributed by atoms with Crippen LogP contribution in [-0.4, -0.2) is 17.6 Å². The van der Waals surface area contributed by atoms with Crippen molar-refractivity contribution < 1.29 is 9.59 Å². The van der Waals surface area contributed by atoms with Crippen LogP contribution < -0.4 is 10.6 Å². The van der Waals surface area contributed by atoms with Crippen LogP contribution in [0.2, 0.25) is 5.02 Å². The molecule has 7 heteroatoms. The van der Waals surface area contributed by atoms with E-state index in [0.29, 0.717) is 10.8 Å². The van der Waals surface area contributed by atoms with E-state index in [1.165, 1.54) is 11.8 Å². The molecule has 0 fully saturated rings. The topological polar surface area (TPSA) is 58.2 Å². The molecule has 3 aromatic rings. The summed E-state index contributed by atoms with van der Waals surface area (Å²) < 4.78 is 1.12. The van der Waals surface area contributed by atoms with Gasteiger partial charge in [-0.25, -0.2) is 0 Å². The van der Waals surface area contributed by atoms with E-state index in [4.69, 9.17) is 11.6 Å². The summed E-state index contributed by atoms with van der Waals surface area (Å²) in [4.78, 5) is 25.2. The number of hydrogen-bond donors (Lipinski definition) is 2. The minimum atomic E-state index is -0.0929. The molecule has 0 aromatic heterocycles. The van der Waals surface area contributed by atoms with Gasteiger partial charge in [-0.05, 0) is 88.8 Å². The molecule has 0 aliphatic heterocycles. The summed E-state index contributed by atoms with van der Waals surface area (Å²) in [6.45, 7) is 0. The Balaban J connectivity index is 1.45. The average Bonchev–Trinajstić information content (AvgIpc) is 2.71. The first-order valence-electron chi connectivity index (χ1n) is 8.80. The van der Waals surface area contributed by atoms with E-state index in [1.807, 2.05) is 60.7 Å². The second-order valence-corrected chi connectivity index (χ2v) is 8.95. The predicted octanol–water partition coefficient (Wildman–Crippen LogP) is 5.86. The molecule has 0 atom stereocenters. The van der Waals surface area contributed by atoms with Gasteiger partial charge in [0.25, 0.3) is 0 Å².